The maximum absolute atomic E-state index is 12.9. The summed E-state index contributed by atoms with van der Waals surface area (Å²) in [7, 11) is 0. The lowest BCUT2D eigenvalue weighted by atomic mass is 9.92. The highest BCUT2D eigenvalue weighted by atomic mass is 32.2. The molecule has 2 aromatic heterocycles. The maximum atomic E-state index is 12.9. The van der Waals surface area contributed by atoms with Crippen molar-refractivity contribution in [1.29, 1.82) is 0 Å². The fourth-order valence-corrected chi connectivity index (χ4v) is 4.22. The van der Waals surface area contributed by atoms with Gasteiger partial charge < -0.3 is 5.32 Å². The number of amides is 1. The molecule has 0 spiro atoms. The van der Waals surface area contributed by atoms with Gasteiger partial charge >= 0.3 is 0 Å². The van der Waals surface area contributed by atoms with Crippen molar-refractivity contribution >= 4 is 23.5 Å². The van der Waals surface area contributed by atoms with E-state index in [1.807, 2.05) is 36.4 Å². The van der Waals surface area contributed by atoms with Gasteiger partial charge in [0.05, 0.1) is 10.9 Å². The highest BCUT2D eigenvalue weighted by molar-refractivity contribution is 8.01. The third kappa shape index (κ3) is 3.62. The zero-order valence-electron chi connectivity index (χ0n) is 15.6. The van der Waals surface area contributed by atoms with Crippen LogP contribution in [-0.2, 0) is 16.6 Å². The van der Waals surface area contributed by atoms with Crippen LogP contribution in [0.3, 0.4) is 0 Å². The summed E-state index contributed by atoms with van der Waals surface area (Å²) in [5, 5.41) is 7.65. The van der Waals surface area contributed by atoms with Crippen molar-refractivity contribution in [3.63, 3.8) is 0 Å². The first-order valence-corrected chi connectivity index (χ1v) is 9.87. The number of hydrogen-bond donors (Lipinski definition) is 1. The first kappa shape index (κ1) is 17.8. The highest BCUT2D eigenvalue weighted by Crippen LogP contribution is 2.37. The van der Waals surface area contributed by atoms with Crippen molar-refractivity contribution in [3.05, 3.63) is 66.0 Å². The Balaban J connectivity index is 1.62. The third-order valence-electron chi connectivity index (χ3n) is 4.53. The van der Waals surface area contributed by atoms with Crippen molar-refractivity contribution in [2.75, 3.05) is 5.32 Å². The van der Waals surface area contributed by atoms with E-state index in [2.05, 4.69) is 43.2 Å². The lowest BCUT2D eigenvalue weighted by Crippen LogP contribution is -2.26. The molecule has 1 aliphatic rings. The molecule has 3 aromatic rings. The van der Waals surface area contributed by atoms with Crippen LogP contribution in [0.25, 0.3) is 5.82 Å². The van der Waals surface area contributed by atoms with Crippen LogP contribution in [0.4, 0.5) is 5.82 Å². The summed E-state index contributed by atoms with van der Waals surface area (Å²) in [6, 6.07) is 15.8. The quantitative estimate of drug-likeness (QED) is 0.741. The molecule has 4 rings (SSSR count). The van der Waals surface area contributed by atoms with Crippen LogP contribution in [0, 0.1) is 0 Å². The van der Waals surface area contributed by atoms with E-state index in [1.165, 1.54) is 10.5 Å². The summed E-state index contributed by atoms with van der Waals surface area (Å²) in [5.74, 6) is 1.33. The van der Waals surface area contributed by atoms with Gasteiger partial charge in [-0.3, -0.25) is 4.79 Å². The summed E-state index contributed by atoms with van der Waals surface area (Å²) in [6.45, 7) is 6.31. The minimum atomic E-state index is -0.132. The molecule has 1 aliphatic heterocycles. The highest BCUT2D eigenvalue weighted by Gasteiger charge is 2.29. The average molecular weight is 379 g/mol. The molecule has 1 N–H and O–H groups in total. The molecule has 1 aromatic carbocycles. The van der Waals surface area contributed by atoms with Crippen molar-refractivity contribution < 1.29 is 4.79 Å². The molecular formula is C21H22N4OS. The Labute approximate surface area is 163 Å². The molecule has 0 aliphatic carbocycles. The number of nitrogens with zero attached hydrogens (tertiary/aromatic N) is 3. The molecule has 5 nitrogen and oxygen atoms in total. The second-order valence-corrected chi connectivity index (χ2v) is 8.92. The minimum Gasteiger partial charge on any atom is -0.310 e. The van der Waals surface area contributed by atoms with Crippen molar-refractivity contribution in [2.45, 2.75) is 42.8 Å². The van der Waals surface area contributed by atoms with Crippen LogP contribution in [0.2, 0.25) is 0 Å². The summed E-state index contributed by atoms with van der Waals surface area (Å²) in [5.41, 5.74) is 2.01. The fourth-order valence-electron chi connectivity index (χ4n) is 3.03. The predicted molar refractivity (Wildman–Crippen MR) is 108 cm³/mol. The number of carbonyl (C=O) groups is 1. The van der Waals surface area contributed by atoms with Crippen molar-refractivity contribution in [3.8, 4) is 5.82 Å². The number of aromatic nitrogens is 3. The van der Waals surface area contributed by atoms with E-state index in [0.717, 1.165) is 12.1 Å². The molecule has 3 heterocycles. The number of fused-ring (bicyclic) bond motifs is 1. The van der Waals surface area contributed by atoms with Gasteiger partial charge in [-0.2, -0.15) is 9.78 Å². The van der Waals surface area contributed by atoms with E-state index in [0.29, 0.717) is 11.6 Å². The smallest absolute Gasteiger partial charge is 0.239 e. The zero-order valence-corrected chi connectivity index (χ0v) is 16.5. The lowest BCUT2D eigenvalue weighted by molar-refractivity contribution is -0.115. The summed E-state index contributed by atoms with van der Waals surface area (Å²) in [4.78, 5) is 18.5. The Hall–Kier alpha value is -2.60. The van der Waals surface area contributed by atoms with Crippen molar-refractivity contribution in [2.24, 2.45) is 0 Å². The Bertz CT molecular complexity index is 950. The van der Waals surface area contributed by atoms with E-state index in [9.17, 15) is 4.79 Å². The molecule has 27 heavy (non-hydrogen) atoms. The molecule has 0 saturated carbocycles. The van der Waals surface area contributed by atoms with Crippen LogP contribution in [-0.4, -0.2) is 25.9 Å². The van der Waals surface area contributed by atoms with Crippen LogP contribution in [0.5, 0.6) is 0 Å². The van der Waals surface area contributed by atoms with Crippen LogP contribution >= 0.6 is 11.8 Å². The number of anilines is 1. The molecule has 138 valence electrons. The summed E-state index contributed by atoms with van der Waals surface area (Å²) >= 11 is 1.62. The average Bonchev–Trinajstić information content (AvgIpc) is 3.26. The molecule has 1 unspecified atom stereocenters. The molecule has 0 bridgehead atoms. The Morgan fingerprint density at radius 2 is 1.96 bits per heavy atom. The van der Waals surface area contributed by atoms with Gasteiger partial charge in [-0.15, -0.1) is 11.8 Å². The number of hydrogen-bond acceptors (Lipinski definition) is 4. The minimum absolute atomic E-state index is 0.00580. The topological polar surface area (TPSA) is 59.8 Å². The van der Waals surface area contributed by atoms with Gasteiger partial charge in [-0.05, 0) is 30.2 Å². The molecule has 1 amide bonds. The predicted octanol–water partition coefficient (Wildman–Crippen LogP) is 4.22. The largest absolute Gasteiger partial charge is 0.310 e. The van der Waals surface area contributed by atoms with Gasteiger partial charge in [-0.1, -0.05) is 45.0 Å². The number of rotatable bonds is 3. The first-order valence-electron chi connectivity index (χ1n) is 8.99. The van der Waals surface area contributed by atoms with Gasteiger partial charge in [-0.25, -0.2) is 4.98 Å². The van der Waals surface area contributed by atoms with Crippen LogP contribution < -0.4 is 5.32 Å². The third-order valence-corrected chi connectivity index (χ3v) is 5.85. The lowest BCUT2D eigenvalue weighted by Gasteiger charge is -2.13. The molecular weight excluding hydrogens is 356 g/mol. The Morgan fingerprint density at radius 3 is 2.67 bits per heavy atom. The Kier molecular flexibility index (Phi) is 4.52. The van der Waals surface area contributed by atoms with Gasteiger partial charge in [0.2, 0.25) is 5.91 Å². The summed E-state index contributed by atoms with van der Waals surface area (Å²) < 4.78 is 1.71. The van der Waals surface area contributed by atoms with Gasteiger partial charge in [0.25, 0.3) is 0 Å². The molecule has 0 fully saturated rings. The second kappa shape index (κ2) is 6.85. The number of pyridine rings is 1. The summed E-state index contributed by atoms with van der Waals surface area (Å²) in [6.07, 6.45) is 2.47. The molecule has 0 saturated heterocycles. The van der Waals surface area contributed by atoms with E-state index in [-0.39, 0.29) is 16.6 Å². The standard InChI is InChI=1S/C21H22N4OS/c1-21(2,3)17-13-19(25(24-17)18-10-6-7-11-22-18)23-20(26)16-12-14-8-4-5-9-15(14)27-16/h4-11,13,16H,12H2,1-3H3,(H,23,26). The zero-order chi connectivity index (χ0) is 19.0. The number of benzene rings is 1. The van der Waals surface area contributed by atoms with Gasteiger partial charge in [0.15, 0.2) is 5.82 Å². The number of thioether (sulfide) groups is 1. The second-order valence-electron chi connectivity index (χ2n) is 7.67. The maximum Gasteiger partial charge on any atom is 0.239 e. The number of carbonyl (C=O) groups excluding carboxylic acids is 1. The fraction of sp³-hybridized carbons (Fsp3) is 0.286. The van der Waals surface area contributed by atoms with Crippen LogP contribution in [0.15, 0.2) is 59.6 Å². The monoisotopic (exact) mass is 378 g/mol. The number of nitrogens with one attached hydrogen (secondary N) is 1. The molecule has 1 atom stereocenters. The van der Waals surface area contributed by atoms with E-state index < -0.39 is 0 Å². The SMILES string of the molecule is CC(C)(C)c1cc(NC(=O)C2Cc3ccccc3S2)n(-c2ccccn2)n1. The van der Waals surface area contributed by atoms with E-state index >= 15 is 0 Å². The van der Waals surface area contributed by atoms with Gasteiger partial charge in [0, 0.05) is 22.6 Å². The normalized spacial score (nSPS) is 16.2. The van der Waals surface area contributed by atoms with Crippen LogP contribution in [0.1, 0.15) is 32.0 Å². The first-order chi connectivity index (χ1) is 12.9. The Morgan fingerprint density at radius 1 is 1.19 bits per heavy atom. The molecule has 6 heteroatoms. The molecule has 0 radical (unpaired) electrons. The van der Waals surface area contributed by atoms with Gasteiger partial charge in [0.1, 0.15) is 5.82 Å². The van der Waals surface area contributed by atoms with E-state index in [4.69, 9.17) is 5.10 Å². The van der Waals surface area contributed by atoms with Crippen molar-refractivity contribution in [1.82, 2.24) is 14.8 Å². The van der Waals surface area contributed by atoms with E-state index in [1.54, 1.807) is 22.6 Å².